The fourth-order valence-corrected chi connectivity index (χ4v) is 3.39. The average Bonchev–Trinajstić information content (AvgIpc) is 2.81. The molecule has 0 saturated carbocycles. The number of pyridine rings is 2. The van der Waals surface area contributed by atoms with Crippen LogP contribution in [0.5, 0.6) is 0 Å². The Kier molecular flexibility index (Phi) is 7.86. The average molecular weight is 555 g/mol. The first kappa shape index (κ1) is 21.1. The third-order valence-electron chi connectivity index (χ3n) is 4.86. The molecule has 0 unspecified atom stereocenters. The van der Waals surface area contributed by atoms with Crippen LogP contribution in [0.15, 0.2) is 85.2 Å². The normalized spacial score (nSPS) is 12.0. The van der Waals surface area contributed by atoms with Crippen molar-refractivity contribution in [3.05, 3.63) is 108 Å². The number of aromatic nitrogens is 2. The van der Waals surface area contributed by atoms with Gasteiger partial charge in [0.1, 0.15) is 0 Å². The van der Waals surface area contributed by atoms with Gasteiger partial charge >= 0.3 is 0 Å². The van der Waals surface area contributed by atoms with Crippen molar-refractivity contribution in [1.29, 1.82) is 0 Å². The van der Waals surface area contributed by atoms with Crippen LogP contribution in [0.4, 0.5) is 0 Å². The second-order valence-electron chi connectivity index (χ2n) is 6.81. The van der Waals surface area contributed by atoms with Gasteiger partial charge in [-0.3, -0.25) is 0 Å². The van der Waals surface area contributed by atoms with Gasteiger partial charge in [0.2, 0.25) is 0 Å². The maximum absolute atomic E-state index is 4.53. The van der Waals surface area contributed by atoms with Crippen LogP contribution < -0.4 is 0 Å². The standard InChI is InChI=1S/C15H14N.C11H8N.Ir/c1-2-6-12(7-3-1)15-10-13-8-4-5-9-14(13)11-16-15;1-2-6-10(7-3-1)11-8-4-5-9-12-11;/h1-3,6,10-11H,4-5,8-9H2;1-6,8-9H;/q2*-1;. The predicted molar refractivity (Wildman–Crippen MR) is 114 cm³/mol. The minimum absolute atomic E-state index is 0. The van der Waals surface area contributed by atoms with Crippen molar-refractivity contribution in [3.63, 3.8) is 0 Å². The minimum atomic E-state index is 0. The molecule has 2 aromatic heterocycles. The maximum atomic E-state index is 4.53. The molecule has 0 atom stereocenters. The molecule has 0 N–H and O–H groups in total. The van der Waals surface area contributed by atoms with Gasteiger partial charge in [-0.15, -0.1) is 71.8 Å². The summed E-state index contributed by atoms with van der Waals surface area (Å²) in [6.45, 7) is 0. The zero-order valence-electron chi connectivity index (χ0n) is 16.1. The first-order valence-electron chi connectivity index (χ1n) is 9.73. The van der Waals surface area contributed by atoms with E-state index in [1.54, 1.807) is 6.20 Å². The van der Waals surface area contributed by atoms with Crippen LogP contribution in [0.3, 0.4) is 0 Å². The molecule has 0 saturated heterocycles. The largest absolute Gasteiger partial charge is 0.305 e. The molecule has 2 aromatic carbocycles. The van der Waals surface area contributed by atoms with Gasteiger partial charge in [0.15, 0.2) is 0 Å². The van der Waals surface area contributed by atoms with E-state index in [1.165, 1.54) is 36.8 Å². The van der Waals surface area contributed by atoms with Gasteiger partial charge in [0, 0.05) is 32.5 Å². The molecule has 29 heavy (non-hydrogen) atoms. The number of nitrogens with zero attached hydrogens (tertiary/aromatic N) is 2. The zero-order valence-corrected chi connectivity index (χ0v) is 18.5. The van der Waals surface area contributed by atoms with Gasteiger partial charge in [-0.25, -0.2) is 0 Å². The van der Waals surface area contributed by atoms with E-state index in [4.69, 9.17) is 0 Å². The summed E-state index contributed by atoms with van der Waals surface area (Å²) in [5.74, 6) is 0. The van der Waals surface area contributed by atoms with Crippen molar-refractivity contribution in [2.45, 2.75) is 25.7 Å². The van der Waals surface area contributed by atoms with E-state index in [2.05, 4.69) is 34.2 Å². The number of aryl methyl sites for hydroxylation is 2. The van der Waals surface area contributed by atoms with Gasteiger partial charge in [-0.05, 0) is 48.7 Å². The molecule has 0 bridgehead atoms. The monoisotopic (exact) mass is 555 g/mol. The molecule has 1 aliphatic rings. The van der Waals surface area contributed by atoms with Crippen LogP contribution in [-0.2, 0) is 32.9 Å². The molecule has 1 radical (unpaired) electrons. The Morgan fingerprint density at radius 2 is 1.31 bits per heavy atom. The van der Waals surface area contributed by atoms with Gasteiger partial charge in [-0.1, -0.05) is 23.8 Å². The Morgan fingerprint density at radius 1 is 0.655 bits per heavy atom. The van der Waals surface area contributed by atoms with Crippen molar-refractivity contribution in [2.24, 2.45) is 0 Å². The van der Waals surface area contributed by atoms with Crippen LogP contribution in [0.25, 0.3) is 22.5 Å². The third kappa shape index (κ3) is 5.69. The molecule has 2 nitrogen and oxygen atoms in total. The minimum Gasteiger partial charge on any atom is -0.305 e. The molecular weight excluding hydrogens is 533 g/mol. The number of fused-ring (bicyclic) bond motifs is 1. The Labute approximate surface area is 186 Å². The van der Waals surface area contributed by atoms with Crippen molar-refractivity contribution < 1.29 is 20.1 Å². The summed E-state index contributed by atoms with van der Waals surface area (Å²) in [6, 6.07) is 30.3. The molecule has 147 valence electrons. The summed E-state index contributed by atoms with van der Waals surface area (Å²) in [5, 5.41) is 0. The van der Waals surface area contributed by atoms with E-state index in [1.807, 2.05) is 66.9 Å². The van der Waals surface area contributed by atoms with Gasteiger partial charge in [0.25, 0.3) is 0 Å². The maximum Gasteiger partial charge on any atom is 0.0195 e. The molecule has 2 heterocycles. The number of benzene rings is 2. The summed E-state index contributed by atoms with van der Waals surface area (Å²) in [5.41, 5.74) is 7.08. The van der Waals surface area contributed by atoms with Crippen molar-refractivity contribution in [1.82, 2.24) is 9.97 Å². The summed E-state index contributed by atoms with van der Waals surface area (Å²) in [4.78, 5) is 8.75. The smallest absolute Gasteiger partial charge is 0.0195 e. The van der Waals surface area contributed by atoms with Crippen molar-refractivity contribution in [3.8, 4) is 22.5 Å². The van der Waals surface area contributed by atoms with Crippen LogP contribution in [0.1, 0.15) is 24.0 Å². The summed E-state index contributed by atoms with van der Waals surface area (Å²) >= 11 is 0. The van der Waals surface area contributed by atoms with E-state index in [-0.39, 0.29) is 20.1 Å². The summed E-state index contributed by atoms with van der Waals surface area (Å²) < 4.78 is 0. The second-order valence-corrected chi connectivity index (χ2v) is 6.81. The second kappa shape index (κ2) is 10.8. The fourth-order valence-electron chi connectivity index (χ4n) is 3.39. The van der Waals surface area contributed by atoms with Crippen molar-refractivity contribution >= 4 is 0 Å². The quantitative estimate of drug-likeness (QED) is 0.285. The van der Waals surface area contributed by atoms with Gasteiger partial charge in [0.05, 0.1) is 0 Å². The predicted octanol–water partition coefficient (Wildman–Crippen LogP) is 5.97. The van der Waals surface area contributed by atoms with E-state index < -0.39 is 0 Å². The van der Waals surface area contributed by atoms with Crippen LogP contribution in [0, 0.1) is 12.1 Å². The number of rotatable bonds is 2. The Balaban J connectivity index is 0.000000167. The SMILES string of the molecule is [Ir].[c-]1ccccc1-c1cc2c(cn1)CCCC2.[c-]1ccccc1-c1ccccn1. The molecule has 0 fully saturated rings. The molecular formula is C26H22IrN2-2. The fraction of sp³-hybridized carbons (Fsp3) is 0.154. The molecule has 3 heteroatoms. The number of hydrogen-bond donors (Lipinski definition) is 0. The topological polar surface area (TPSA) is 25.8 Å². The van der Waals surface area contributed by atoms with E-state index in [0.29, 0.717) is 0 Å². The van der Waals surface area contributed by atoms with Crippen LogP contribution in [0.2, 0.25) is 0 Å². The van der Waals surface area contributed by atoms with Crippen LogP contribution >= 0.6 is 0 Å². The Bertz CT molecular complexity index is 965. The van der Waals surface area contributed by atoms with Gasteiger partial charge in [-0.2, -0.15) is 0 Å². The molecule has 5 rings (SSSR count). The van der Waals surface area contributed by atoms with Gasteiger partial charge < -0.3 is 9.97 Å². The number of hydrogen-bond acceptors (Lipinski definition) is 2. The van der Waals surface area contributed by atoms with E-state index in [0.717, 1.165) is 22.5 Å². The molecule has 0 spiro atoms. The first-order valence-corrected chi connectivity index (χ1v) is 9.73. The third-order valence-corrected chi connectivity index (χ3v) is 4.86. The Hall–Kier alpha value is -2.61. The Morgan fingerprint density at radius 3 is 1.93 bits per heavy atom. The molecule has 0 aliphatic heterocycles. The van der Waals surface area contributed by atoms with Crippen LogP contribution in [-0.4, -0.2) is 9.97 Å². The molecule has 0 amide bonds. The summed E-state index contributed by atoms with van der Waals surface area (Å²) in [7, 11) is 0. The molecule has 4 aromatic rings. The summed E-state index contributed by atoms with van der Waals surface area (Å²) in [6.07, 6.45) is 8.86. The van der Waals surface area contributed by atoms with E-state index in [9.17, 15) is 0 Å². The van der Waals surface area contributed by atoms with Crippen molar-refractivity contribution in [2.75, 3.05) is 0 Å². The molecule has 1 aliphatic carbocycles. The zero-order chi connectivity index (χ0) is 19.0. The first-order chi connectivity index (χ1) is 13.9. The van der Waals surface area contributed by atoms with E-state index >= 15 is 0 Å².